The van der Waals surface area contributed by atoms with Gasteiger partial charge in [-0.3, -0.25) is 0 Å². The summed E-state index contributed by atoms with van der Waals surface area (Å²) < 4.78 is 0. The number of pyridine rings is 1. The average Bonchev–Trinajstić information content (AvgIpc) is 2.57. The Morgan fingerprint density at radius 1 is 0.917 bits per heavy atom. The third-order valence-corrected chi connectivity index (χ3v) is 5.18. The van der Waals surface area contributed by atoms with Crippen molar-refractivity contribution in [3.63, 3.8) is 0 Å². The first-order valence-corrected chi connectivity index (χ1v) is 8.82. The molecule has 3 rings (SSSR count). The number of halogens is 3. The molecule has 0 amide bonds. The van der Waals surface area contributed by atoms with Crippen molar-refractivity contribution in [2.45, 2.75) is 9.92 Å². The maximum atomic E-state index is 9.33. The van der Waals surface area contributed by atoms with Crippen molar-refractivity contribution in [3.8, 4) is 17.3 Å². The summed E-state index contributed by atoms with van der Waals surface area (Å²) in [7, 11) is 0. The highest BCUT2D eigenvalue weighted by Crippen LogP contribution is 2.33. The highest BCUT2D eigenvalue weighted by atomic mass is 35.5. The lowest BCUT2D eigenvalue weighted by molar-refractivity contribution is 1.11. The van der Waals surface area contributed by atoms with Gasteiger partial charge in [-0.25, -0.2) is 4.98 Å². The van der Waals surface area contributed by atoms with Gasteiger partial charge in [0, 0.05) is 15.5 Å². The molecular formula is C18H9Cl3N2S. The van der Waals surface area contributed by atoms with E-state index in [0.717, 1.165) is 16.2 Å². The SMILES string of the molecule is N#Cc1ccc(-c2ccc(Cl)c(Cl)c2)nc1Sc1cccc(Cl)c1. The van der Waals surface area contributed by atoms with E-state index in [0.29, 0.717) is 25.7 Å². The second-order valence-electron chi connectivity index (χ2n) is 4.85. The molecule has 6 heteroatoms. The Balaban J connectivity index is 2.02. The van der Waals surface area contributed by atoms with Crippen LogP contribution in [0.1, 0.15) is 5.56 Å². The monoisotopic (exact) mass is 390 g/mol. The minimum absolute atomic E-state index is 0.462. The summed E-state index contributed by atoms with van der Waals surface area (Å²) in [5.74, 6) is 0. The van der Waals surface area contributed by atoms with E-state index in [9.17, 15) is 5.26 Å². The highest BCUT2D eigenvalue weighted by molar-refractivity contribution is 7.99. The molecule has 2 nitrogen and oxygen atoms in total. The summed E-state index contributed by atoms with van der Waals surface area (Å²) in [6.45, 7) is 0. The van der Waals surface area contributed by atoms with Crippen molar-refractivity contribution in [2.24, 2.45) is 0 Å². The maximum Gasteiger partial charge on any atom is 0.119 e. The fourth-order valence-electron chi connectivity index (χ4n) is 2.06. The van der Waals surface area contributed by atoms with E-state index in [1.165, 1.54) is 11.8 Å². The van der Waals surface area contributed by atoms with Gasteiger partial charge >= 0.3 is 0 Å². The predicted molar refractivity (Wildman–Crippen MR) is 100.0 cm³/mol. The van der Waals surface area contributed by atoms with Gasteiger partial charge in [0.1, 0.15) is 11.1 Å². The fraction of sp³-hybridized carbons (Fsp3) is 0. The molecule has 0 N–H and O–H groups in total. The summed E-state index contributed by atoms with van der Waals surface area (Å²) in [6.07, 6.45) is 0. The molecule has 0 unspecified atom stereocenters. The van der Waals surface area contributed by atoms with Crippen molar-refractivity contribution in [2.75, 3.05) is 0 Å². The average molecular weight is 392 g/mol. The normalized spacial score (nSPS) is 10.4. The fourth-order valence-corrected chi connectivity index (χ4v) is 3.54. The molecule has 118 valence electrons. The molecule has 0 spiro atoms. The van der Waals surface area contributed by atoms with Crippen LogP contribution in [0.5, 0.6) is 0 Å². The van der Waals surface area contributed by atoms with Gasteiger partial charge in [0.05, 0.1) is 21.3 Å². The number of hydrogen-bond acceptors (Lipinski definition) is 3. The van der Waals surface area contributed by atoms with Crippen LogP contribution in [0, 0.1) is 11.3 Å². The van der Waals surface area contributed by atoms with Gasteiger partial charge in [0.2, 0.25) is 0 Å². The Morgan fingerprint density at radius 3 is 2.46 bits per heavy atom. The van der Waals surface area contributed by atoms with Gasteiger partial charge in [-0.2, -0.15) is 5.26 Å². The van der Waals surface area contributed by atoms with E-state index < -0.39 is 0 Å². The van der Waals surface area contributed by atoms with E-state index in [2.05, 4.69) is 11.1 Å². The minimum Gasteiger partial charge on any atom is -0.240 e. The van der Waals surface area contributed by atoms with E-state index in [1.807, 2.05) is 24.3 Å². The van der Waals surface area contributed by atoms with Crippen LogP contribution in [-0.2, 0) is 0 Å². The van der Waals surface area contributed by atoms with Gasteiger partial charge in [0.25, 0.3) is 0 Å². The molecule has 0 bridgehead atoms. The third kappa shape index (κ3) is 3.85. The Morgan fingerprint density at radius 2 is 1.75 bits per heavy atom. The summed E-state index contributed by atoms with van der Waals surface area (Å²) in [5, 5.41) is 11.5. The molecular weight excluding hydrogens is 383 g/mol. The number of nitriles is 1. The Bertz CT molecular complexity index is 951. The summed E-state index contributed by atoms with van der Waals surface area (Å²) in [5.41, 5.74) is 2.06. The Labute approximate surface area is 159 Å². The zero-order chi connectivity index (χ0) is 17.1. The smallest absolute Gasteiger partial charge is 0.119 e. The van der Waals surface area contributed by atoms with E-state index in [4.69, 9.17) is 34.8 Å². The molecule has 3 aromatic rings. The molecule has 0 radical (unpaired) electrons. The first-order valence-electron chi connectivity index (χ1n) is 6.87. The molecule has 24 heavy (non-hydrogen) atoms. The molecule has 1 aromatic heterocycles. The predicted octanol–water partition coefficient (Wildman–Crippen LogP) is 6.73. The number of rotatable bonds is 3. The van der Waals surface area contributed by atoms with Crippen LogP contribution in [0.2, 0.25) is 15.1 Å². The molecule has 0 saturated carbocycles. The zero-order valence-corrected chi connectivity index (χ0v) is 15.2. The lowest BCUT2D eigenvalue weighted by atomic mass is 10.1. The topological polar surface area (TPSA) is 36.7 Å². The second kappa shape index (κ2) is 7.46. The molecule has 0 aliphatic rings. The maximum absolute atomic E-state index is 9.33. The standard InChI is InChI=1S/C18H9Cl3N2S/c19-13-2-1-3-14(9-13)24-18-12(10-22)5-7-17(23-18)11-4-6-15(20)16(21)8-11/h1-9H. The van der Waals surface area contributed by atoms with Gasteiger partial charge in [0.15, 0.2) is 0 Å². The lowest BCUT2D eigenvalue weighted by Crippen LogP contribution is -1.91. The first kappa shape index (κ1) is 17.1. The van der Waals surface area contributed by atoms with Crippen molar-refractivity contribution in [3.05, 3.63) is 75.2 Å². The van der Waals surface area contributed by atoms with E-state index in [1.54, 1.807) is 30.3 Å². The van der Waals surface area contributed by atoms with Crippen LogP contribution >= 0.6 is 46.6 Å². The van der Waals surface area contributed by atoms with Crippen molar-refractivity contribution in [1.82, 2.24) is 4.98 Å². The molecule has 0 fully saturated rings. The van der Waals surface area contributed by atoms with Crippen LogP contribution in [-0.4, -0.2) is 4.98 Å². The Kier molecular flexibility index (Phi) is 5.33. The van der Waals surface area contributed by atoms with Crippen molar-refractivity contribution in [1.29, 1.82) is 5.26 Å². The summed E-state index contributed by atoms with van der Waals surface area (Å²) in [4.78, 5) is 5.52. The van der Waals surface area contributed by atoms with Crippen LogP contribution in [0.25, 0.3) is 11.3 Å². The van der Waals surface area contributed by atoms with E-state index in [-0.39, 0.29) is 0 Å². The second-order valence-corrected chi connectivity index (χ2v) is 7.16. The van der Waals surface area contributed by atoms with Gasteiger partial charge in [-0.1, -0.05) is 58.7 Å². The van der Waals surface area contributed by atoms with Crippen LogP contribution in [0.3, 0.4) is 0 Å². The third-order valence-electron chi connectivity index (χ3n) is 3.21. The highest BCUT2D eigenvalue weighted by Gasteiger charge is 2.10. The Hall–Kier alpha value is -1.70. The number of hydrogen-bond donors (Lipinski definition) is 0. The van der Waals surface area contributed by atoms with Crippen LogP contribution in [0.4, 0.5) is 0 Å². The van der Waals surface area contributed by atoms with Crippen LogP contribution in [0.15, 0.2) is 64.5 Å². The number of aromatic nitrogens is 1. The lowest BCUT2D eigenvalue weighted by Gasteiger charge is -2.08. The van der Waals surface area contributed by atoms with Gasteiger partial charge < -0.3 is 0 Å². The molecule has 2 aromatic carbocycles. The number of benzene rings is 2. The van der Waals surface area contributed by atoms with Crippen LogP contribution < -0.4 is 0 Å². The zero-order valence-electron chi connectivity index (χ0n) is 12.1. The van der Waals surface area contributed by atoms with Gasteiger partial charge in [-0.05, 0) is 42.5 Å². The van der Waals surface area contributed by atoms with Crippen molar-refractivity contribution < 1.29 is 0 Å². The van der Waals surface area contributed by atoms with E-state index >= 15 is 0 Å². The summed E-state index contributed by atoms with van der Waals surface area (Å²) >= 11 is 19.4. The largest absolute Gasteiger partial charge is 0.240 e. The minimum atomic E-state index is 0.462. The molecule has 0 aliphatic carbocycles. The molecule has 0 aliphatic heterocycles. The summed E-state index contributed by atoms with van der Waals surface area (Å²) in [6, 6.07) is 18.4. The van der Waals surface area contributed by atoms with Gasteiger partial charge in [-0.15, -0.1) is 0 Å². The quantitative estimate of drug-likeness (QED) is 0.496. The van der Waals surface area contributed by atoms with Crippen molar-refractivity contribution >= 4 is 46.6 Å². The molecule has 0 atom stereocenters. The first-order chi connectivity index (χ1) is 11.6. The number of nitrogens with zero attached hydrogens (tertiary/aromatic N) is 2. The molecule has 0 saturated heterocycles. The molecule has 1 heterocycles.